The summed E-state index contributed by atoms with van der Waals surface area (Å²) >= 11 is 5.87. The first kappa shape index (κ1) is 16.3. The molecule has 5 heteroatoms. The molecule has 0 aliphatic heterocycles. The highest BCUT2D eigenvalue weighted by atomic mass is 35.5. The minimum atomic E-state index is -0.130. The molecule has 122 valence electrons. The summed E-state index contributed by atoms with van der Waals surface area (Å²) in [6, 6.07) is 14.9. The number of aromatic nitrogens is 1. The van der Waals surface area contributed by atoms with Crippen LogP contribution in [0.15, 0.2) is 53.1 Å². The molecule has 3 rings (SSSR count). The lowest BCUT2D eigenvalue weighted by atomic mass is 10.1. The number of halogens is 1. The van der Waals surface area contributed by atoms with Gasteiger partial charge in [0.2, 0.25) is 5.91 Å². The van der Waals surface area contributed by atoms with E-state index >= 15 is 0 Å². The van der Waals surface area contributed by atoms with Gasteiger partial charge in [-0.25, -0.2) is 0 Å². The lowest BCUT2D eigenvalue weighted by molar-refractivity contribution is -0.115. The molecule has 4 nitrogen and oxygen atoms in total. The van der Waals surface area contributed by atoms with E-state index in [0.29, 0.717) is 16.5 Å². The predicted molar refractivity (Wildman–Crippen MR) is 95.2 cm³/mol. The van der Waals surface area contributed by atoms with Crippen molar-refractivity contribution in [2.24, 2.45) is 0 Å². The maximum absolute atomic E-state index is 12.2. The fourth-order valence-electron chi connectivity index (χ4n) is 2.33. The number of carbonyl (C=O) groups is 1. The van der Waals surface area contributed by atoms with Gasteiger partial charge in [0.05, 0.1) is 12.1 Å². The number of anilines is 1. The smallest absolute Gasteiger partial charge is 0.230 e. The standard InChI is InChI=1S/C19H17ClN2O2/c1-12-3-8-16(9-13(12)2)21-19(23)11-17-10-18(24-22-17)14-4-6-15(20)7-5-14/h3-10H,11H2,1-2H3,(H,21,23). The number of aryl methyl sites for hydroxylation is 2. The van der Waals surface area contributed by atoms with Gasteiger partial charge in [0.1, 0.15) is 0 Å². The van der Waals surface area contributed by atoms with Gasteiger partial charge in [0.25, 0.3) is 0 Å². The Balaban J connectivity index is 1.66. The Morgan fingerprint density at radius 3 is 2.54 bits per heavy atom. The topological polar surface area (TPSA) is 55.1 Å². The summed E-state index contributed by atoms with van der Waals surface area (Å²) in [6.07, 6.45) is 0.157. The Hall–Kier alpha value is -2.59. The van der Waals surface area contributed by atoms with E-state index in [1.165, 1.54) is 5.56 Å². The molecular formula is C19H17ClN2O2. The largest absolute Gasteiger partial charge is 0.356 e. The molecule has 1 amide bonds. The normalized spacial score (nSPS) is 10.6. The van der Waals surface area contributed by atoms with E-state index in [4.69, 9.17) is 16.1 Å². The van der Waals surface area contributed by atoms with Crippen LogP contribution < -0.4 is 5.32 Å². The molecule has 0 saturated heterocycles. The van der Waals surface area contributed by atoms with Crippen LogP contribution in [0.5, 0.6) is 0 Å². The van der Waals surface area contributed by atoms with Crippen LogP contribution in [0.3, 0.4) is 0 Å². The molecule has 0 aliphatic rings. The first-order valence-corrected chi connectivity index (χ1v) is 7.98. The highest BCUT2D eigenvalue weighted by Crippen LogP contribution is 2.22. The Morgan fingerprint density at radius 1 is 1.08 bits per heavy atom. The quantitative estimate of drug-likeness (QED) is 0.742. The monoisotopic (exact) mass is 340 g/mol. The summed E-state index contributed by atoms with van der Waals surface area (Å²) in [7, 11) is 0. The van der Waals surface area contributed by atoms with E-state index in [2.05, 4.69) is 10.5 Å². The molecule has 0 radical (unpaired) electrons. The van der Waals surface area contributed by atoms with E-state index in [-0.39, 0.29) is 12.3 Å². The highest BCUT2D eigenvalue weighted by molar-refractivity contribution is 6.30. The van der Waals surface area contributed by atoms with Gasteiger partial charge in [0.15, 0.2) is 5.76 Å². The summed E-state index contributed by atoms with van der Waals surface area (Å²) in [4.78, 5) is 12.2. The Kier molecular flexibility index (Phi) is 4.67. The molecule has 0 unspecified atom stereocenters. The molecule has 0 spiro atoms. The fourth-order valence-corrected chi connectivity index (χ4v) is 2.46. The molecule has 1 heterocycles. The molecule has 24 heavy (non-hydrogen) atoms. The first-order chi connectivity index (χ1) is 11.5. The Morgan fingerprint density at radius 2 is 1.83 bits per heavy atom. The molecule has 0 aliphatic carbocycles. The lowest BCUT2D eigenvalue weighted by Crippen LogP contribution is -2.14. The number of hydrogen-bond donors (Lipinski definition) is 1. The zero-order valence-corrected chi connectivity index (χ0v) is 14.2. The summed E-state index contributed by atoms with van der Waals surface area (Å²) in [5.41, 5.74) is 4.56. The van der Waals surface area contributed by atoms with Crippen molar-refractivity contribution in [3.8, 4) is 11.3 Å². The fraction of sp³-hybridized carbons (Fsp3) is 0.158. The van der Waals surface area contributed by atoms with Gasteiger partial charge >= 0.3 is 0 Å². The minimum absolute atomic E-state index is 0.130. The molecule has 2 aromatic carbocycles. The third-order valence-corrected chi connectivity index (χ3v) is 4.07. The van der Waals surface area contributed by atoms with Crippen molar-refractivity contribution in [3.63, 3.8) is 0 Å². The predicted octanol–water partition coefficient (Wildman–Crippen LogP) is 4.79. The van der Waals surface area contributed by atoms with Crippen molar-refractivity contribution in [1.29, 1.82) is 0 Å². The average molecular weight is 341 g/mol. The van der Waals surface area contributed by atoms with Crippen LogP contribution in [-0.4, -0.2) is 11.1 Å². The maximum atomic E-state index is 12.2. The number of nitrogens with zero attached hydrogens (tertiary/aromatic N) is 1. The summed E-state index contributed by atoms with van der Waals surface area (Å²) in [5.74, 6) is 0.481. The van der Waals surface area contributed by atoms with Crippen molar-refractivity contribution < 1.29 is 9.32 Å². The molecular weight excluding hydrogens is 324 g/mol. The van der Waals surface area contributed by atoms with Crippen LogP contribution in [0.25, 0.3) is 11.3 Å². The molecule has 1 aromatic heterocycles. The van der Waals surface area contributed by atoms with Gasteiger partial charge in [-0.2, -0.15) is 0 Å². The molecule has 0 saturated carbocycles. The maximum Gasteiger partial charge on any atom is 0.230 e. The van der Waals surface area contributed by atoms with Crippen molar-refractivity contribution in [1.82, 2.24) is 5.16 Å². The van der Waals surface area contributed by atoms with Crippen LogP contribution in [0.4, 0.5) is 5.69 Å². The molecule has 0 atom stereocenters. The number of nitrogens with one attached hydrogen (secondary N) is 1. The van der Waals surface area contributed by atoms with Crippen molar-refractivity contribution in [3.05, 3.63) is 70.4 Å². The van der Waals surface area contributed by atoms with Crippen LogP contribution in [0.1, 0.15) is 16.8 Å². The molecule has 3 aromatic rings. The van der Waals surface area contributed by atoms with Crippen LogP contribution in [0, 0.1) is 13.8 Å². The summed E-state index contributed by atoms with van der Waals surface area (Å²) < 4.78 is 5.30. The Bertz CT molecular complexity index is 869. The number of hydrogen-bond acceptors (Lipinski definition) is 3. The zero-order chi connectivity index (χ0) is 17.1. The van der Waals surface area contributed by atoms with E-state index in [9.17, 15) is 4.79 Å². The van der Waals surface area contributed by atoms with E-state index in [1.54, 1.807) is 18.2 Å². The van der Waals surface area contributed by atoms with Crippen molar-refractivity contribution in [2.75, 3.05) is 5.32 Å². The number of carbonyl (C=O) groups excluding carboxylic acids is 1. The number of rotatable bonds is 4. The van der Waals surface area contributed by atoms with Gasteiger partial charge in [-0.15, -0.1) is 0 Å². The van der Waals surface area contributed by atoms with E-state index in [0.717, 1.165) is 16.8 Å². The van der Waals surface area contributed by atoms with Crippen molar-refractivity contribution in [2.45, 2.75) is 20.3 Å². The van der Waals surface area contributed by atoms with Gasteiger partial charge in [0, 0.05) is 22.3 Å². The van der Waals surface area contributed by atoms with Gasteiger partial charge < -0.3 is 9.84 Å². The van der Waals surface area contributed by atoms with Crippen LogP contribution >= 0.6 is 11.6 Å². The third kappa shape index (κ3) is 3.84. The third-order valence-electron chi connectivity index (χ3n) is 3.82. The molecule has 0 bridgehead atoms. The summed E-state index contributed by atoms with van der Waals surface area (Å²) in [5, 5.41) is 7.49. The van der Waals surface area contributed by atoms with Crippen LogP contribution in [-0.2, 0) is 11.2 Å². The van der Waals surface area contributed by atoms with E-state index in [1.807, 2.05) is 44.2 Å². The number of benzene rings is 2. The second-order valence-electron chi connectivity index (χ2n) is 5.71. The van der Waals surface area contributed by atoms with Gasteiger partial charge in [-0.1, -0.05) is 22.8 Å². The van der Waals surface area contributed by atoms with Crippen LogP contribution in [0.2, 0.25) is 5.02 Å². The first-order valence-electron chi connectivity index (χ1n) is 7.60. The summed E-state index contributed by atoms with van der Waals surface area (Å²) in [6.45, 7) is 4.05. The second kappa shape index (κ2) is 6.89. The Labute approximate surface area is 145 Å². The van der Waals surface area contributed by atoms with E-state index < -0.39 is 0 Å². The SMILES string of the molecule is Cc1ccc(NC(=O)Cc2cc(-c3ccc(Cl)cc3)on2)cc1C. The van der Waals surface area contributed by atoms with Gasteiger partial charge in [-0.3, -0.25) is 4.79 Å². The average Bonchev–Trinajstić information content (AvgIpc) is 3.00. The second-order valence-corrected chi connectivity index (χ2v) is 6.15. The number of amides is 1. The molecule has 1 N–H and O–H groups in total. The molecule has 0 fully saturated rings. The zero-order valence-electron chi connectivity index (χ0n) is 13.5. The van der Waals surface area contributed by atoms with Gasteiger partial charge in [-0.05, 0) is 61.4 Å². The van der Waals surface area contributed by atoms with Crippen molar-refractivity contribution >= 4 is 23.2 Å². The lowest BCUT2D eigenvalue weighted by Gasteiger charge is -2.06. The highest BCUT2D eigenvalue weighted by Gasteiger charge is 2.11. The minimum Gasteiger partial charge on any atom is -0.356 e.